The Kier molecular flexibility index (Phi) is 8.28. The van der Waals surface area contributed by atoms with Crippen molar-refractivity contribution < 1.29 is 9.53 Å². The maximum absolute atomic E-state index is 12.4. The maximum Gasteiger partial charge on any atom is 0.220 e. The number of hydrogen-bond donors (Lipinski definition) is 1. The highest BCUT2D eigenvalue weighted by molar-refractivity contribution is 7.99. The third-order valence-corrected chi connectivity index (χ3v) is 7.12. The van der Waals surface area contributed by atoms with E-state index in [1.165, 1.54) is 11.1 Å². The van der Waals surface area contributed by atoms with Gasteiger partial charge < -0.3 is 10.1 Å². The van der Waals surface area contributed by atoms with E-state index in [9.17, 15) is 4.79 Å². The van der Waals surface area contributed by atoms with E-state index in [1.807, 2.05) is 28.8 Å². The molecule has 2 aromatic rings. The van der Waals surface area contributed by atoms with Crippen molar-refractivity contribution in [1.82, 2.24) is 20.1 Å². The van der Waals surface area contributed by atoms with Gasteiger partial charge in [-0.25, -0.2) is 0 Å². The normalized spacial score (nSPS) is 20.5. The molecule has 0 bridgehead atoms. The van der Waals surface area contributed by atoms with Crippen molar-refractivity contribution in [2.24, 2.45) is 5.92 Å². The van der Waals surface area contributed by atoms with Gasteiger partial charge in [-0.3, -0.25) is 9.36 Å². The first-order valence-corrected chi connectivity index (χ1v) is 12.9. The molecule has 1 saturated heterocycles. The molecule has 1 aliphatic heterocycles. The lowest BCUT2D eigenvalue weighted by Gasteiger charge is -2.17. The molecule has 176 valence electrons. The van der Waals surface area contributed by atoms with Crippen LogP contribution in [0.2, 0.25) is 5.02 Å². The minimum Gasteiger partial charge on any atom is -0.376 e. The Morgan fingerprint density at radius 3 is 3.00 bits per heavy atom. The van der Waals surface area contributed by atoms with Crippen LogP contribution in [0.4, 0.5) is 0 Å². The molecule has 2 atom stereocenters. The lowest BCUT2D eigenvalue weighted by Crippen LogP contribution is -2.32. The van der Waals surface area contributed by atoms with E-state index in [-0.39, 0.29) is 12.0 Å². The fourth-order valence-electron chi connectivity index (χ4n) is 4.39. The number of hydrogen-bond acceptors (Lipinski definition) is 5. The number of allylic oxidation sites excluding steroid dienone is 3. The van der Waals surface area contributed by atoms with Crippen LogP contribution in [-0.2, 0) is 16.0 Å². The molecule has 1 aromatic heterocycles. The highest BCUT2D eigenvalue weighted by atomic mass is 35.5. The van der Waals surface area contributed by atoms with Crippen molar-refractivity contribution in [2.45, 2.75) is 57.2 Å². The Bertz CT molecular complexity index is 1040. The van der Waals surface area contributed by atoms with Gasteiger partial charge in [0.1, 0.15) is 5.82 Å². The minimum atomic E-state index is 0.00367. The van der Waals surface area contributed by atoms with Crippen molar-refractivity contribution in [3.05, 3.63) is 58.4 Å². The monoisotopic (exact) mass is 486 g/mol. The fraction of sp³-hybridized carbons (Fsp3) is 0.480. The average molecular weight is 487 g/mol. The molecule has 1 aliphatic carbocycles. The van der Waals surface area contributed by atoms with Crippen LogP contribution < -0.4 is 5.32 Å². The second-order valence-electron chi connectivity index (χ2n) is 8.84. The van der Waals surface area contributed by atoms with Gasteiger partial charge in [0, 0.05) is 36.8 Å². The molecule has 0 spiro atoms. The molecule has 6 nitrogen and oxygen atoms in total. The van der Waals surface area contributed by atoms with Gasteiger partial charge in [0.25, 0.3) is 0 Å². The van der Waals surface area contributed by atoms with E-state index in [0.717, 1.165) is 48.3 Å². The number of thioether (sulfide) groups is 1. The topological polar surface area (TPSA) is 69.0 Å². The van der Waals surface area contributed by atoms with E-state index < -0.39 is 0 Å². The standard InChI is InChI=1S/C25H31ClN4O2S/c1-17-11-18(2)13-19(12-17)16-33-25-29-28-23(30(25)21-6-3-5-20(26)14-21)8-9-24(31)27-15-22-7-4-10-32-22/h3,5-6,11-12,14,18,22H,4,7-10,13,15-16H2,1-2H3,(H,27,31). The van der Waals surface area contributed by atoms with Gasteiger partial charge >= 0.3 is 0 Å². The Morgan fingerprint density at radius 1 is 1.36 bits per heavy atom. The molecule has 4 rings (SSSR count). The second kappa shape index (κ2) is 11.4. The van der Waals surface area contributed by atoms with Crippen molar-refractivity contribution in [3.63, 3.8) is 0 Å². The van der Waals surface area contributed by atoms with Gasteiger partial charge in [0.05, 0.1) is 11.8 Å². The summed E-state index contributed by atoms with van der Waals surface area (Å²) in [6.45, 7) is 5.76. The van der Waals surface area contributed by atoms with Crippen LogP contribution in [-0.4, -0.2) is 45.7 Å². The second-order valence-corrected chi connectivity index (χ2v) is 10.2. The van der Waals surface area contributed by atoms with Crippen molar-refractivity contribution in [1.29, 1.82) is 0 Å². The predicted molar refractivity (Wildman–Crippen MR) is 133 cm³/mol. The summed E-state index contributed by atoms with van der Waals surface area (Å²) in [5.74, 6) is 2.17. The van der Waals surface area contributed by atoms with Crippen LogP contribution >= 0.6 is 23.4 Å². The summed E-state index contributed by atoms with van der Waals surface area (Å²) in [7, 11) is 0. The summed E-state index contributed by atoms with van der Waals surface area (Å²) >= 11 is 7.95. The van der Waals surface area contributed by atoms with Crippen LogP contribution in [0.25, 0.3) is 5.69 Å². The fourth-order valence-corrected chi connectivity index (χ4v) is 5.52. The number of carbonyl (C=O) groups excluding carboxylic acids is 1. The zero-order valence-electron chi connectivity index (χ0n) is 19.2. The first-order chi connectivity index (χ1) is 16.0. The molecule has 0 saturated carbocycles. The molecule has 1 aromatic carbocycles. The Hall–Kier alpha value is -2.09. The van der Waals surface area contributed by atoms with Crippen LogP contribution in [0.5, 0.6) is 0 Å². The number of halogens is 1. The third kappa shape index (κ3) is 6.71. The SMILES string of the molecule is CC1=CC(C)CC(CSc2nnc(CCC(=O)NCC3CCCO3)n2-c2cccc(Cl)c2)=C1. The van der Waals surface area contributed by atoms with Gasteiger partial charge in [0.2, 0.25) is 5.91 Å². The summed E-state index contributed by atoms with van der Waals surface area (Å²) in [5, 5.41) is 13.4. The molecular weight excluding hydrogens is 456 g/mol. The molecule has 33 heavy (non-hydrogen) atoms. The maximum atomic E-state index is 12.4. The number of aryl methyl sites for hydroxylation is 1. The van der Waals surface area contributed by atoms with Gasteiger partial charge in [-0.1, -0.05) is 59.7 Å². The van der Waals surface area contributed by atoms with Gasteiger partial charge in [-0.05, 0) is 50.3 Å². The number of benzene rings is 1. The van der Waals surface area contributed by atoms with Crippen molar-refractivity contribution in [2.75, 3.05) is 18.9 Å². The van der Waals surface area contributed by atoms with E-state index in [2.05, 4.69) is 41.5 Å². The lowest BCUT2D eigenvalue weighted by atomic mass is 9.93. The van der Waals surface area contributed by atoms with E-state index in [1.54, 1.807) is 11.8 Å². The van der Waals surface area contributed by atoms with E-state index in [0.29, 0.717) is 30.3 Å². The highest BCUT2D eigenvalue weighted by Crippen LogP contribution is 2.30. The molecular formula is C25H31ClN4O2S. The molecule has 8 heteroatoms. The predicted octanol–water partition coefficient (Wildman–Crippen LogP) is 5.15. The summed E-state index contributed by atoms with van der Waals surface area (Å²) in [4.78, 5) is 12.4. The lowest BCUT2D eigenvalue weighted by molar-refractivity contribution is -0.121. The van der Waals surface area contributed by atoms with Gasteiger partial charge in [-0.15, -0.1) is 10.2 Å². The number of rotatable bonds is 9. The number of ether oxygens (including phenoxy) is 1. The van der Waals surface area contributed by atoms with Crippen LogP contribution in [0, 0.1) is 5.92 Å². The molecule has 1 fully saturated rings. The summed E-state index contributed by atoms with van der Waals surface area (Å²) < 4.78 is 7.61. The summed E-state index contributed by atoms with van der Waals surface area (Å²) in [6.07, 6.45) is 8.71. The quantitative estimate of drug-likeness (QED) is 0.496. The highest BCUT2D eigenvalue weighted by Gasteiger charge is 2.19. The minimum absolute atomic E-state index is 0.00367. The zero-order chi connectivity index (χ0) is 23.2. The van der Waals surface area contributed by atoms with Crippen molar-refractivity contribution in [3.8, 4) is 5.69 Å². The molecule has 0 radical (unpaired) electrons. The Morgan fingerprint density at radius 2 is 2.24 bits per heavy atom. The van der Waals surface area contributed by atoms with Crippen LogP contribution in [0.15, 0.2) is 52.7 Å². The van der Waals surface area contributed by atoms with Crippen LogP contribution in [0.1, 0.15) is 45.4 Å². The molecule has 2 unspecified atom stereocenters. The number of aromatic nitrogens is 3. The molecule has 2 aliphatic rings. The largest absolute Gasteiger partial charge is 0.376 e. The van der Waals surface area contributed by atoms with Gasteiger partial charge in [0.15, 0.2) is 5.16 Å². The van der Waals surface area contributed by atoms with Crippen molar-refractivity contribution >= 4 is 29.3 Å². The Balaban J connectivity index is 1.45. The zero-order valence-corrected chi connectivity index (χ0v) is 20.8. The molecule has 1 N–H and O–H groups in total. The average Bonchev–Trinajstić information content (AvgIpc) is 3.44. The summed E-state index contributed by atoms with van der Waals surface area (Å²) in [6, 6.07) is 7.67. The van der Waals surface area contributed by atoms with E-state index >= 15 is 0 Å². The smallest absolute Gasteiger partial charge is 0.220 e. The molecule has 1 amide bonds. The number of nitrogens with one attached hydrogen (secondary N) is 1. The number of carbonyl (C=O) groups is 1. The number of nitrogens with zero attached hydrogens (tertiary/aromatic N) is 3. The number of amides is 1. The third-order valence-electron chi connectivity index (χ3n) is 5.84. The van der Waals surface area contributed by atoms with E-state index in [4.69, 9.17) is 16.3 Å². The summed E-state index contributed by atoms with van der Waals surface area (Å²) in [5.41, 5.74) is 3.63. The Labute approximate surface area is 204 Å². The first-order valence-electron chi connectivity index (χ1n) is 11.6. The van der Waals surface area contributed by atoms with Gasteiger partial charge in [-0.2, -0.15) is 0 Å². The molecule has 2 heterocycles. The first kappa shape index (κ1) is 24.0. The van der Waals surface area contributed by atoms with Crippen LogP contribution in [0.3, 0.4) is 0 Å².